The number of pyridine rings is 1. The molecule has 0 saturated carbocycles. The van der Waals surface area contributed by atoms with E-state index in [1.54, 1.807) is 12.1 Å². The lowest BCUT2D eigenvalue weighted by Gasteiger charge is -2.07. The van der Waals surface area contributed by atoms with Gasteiger partial charge in [0.05, 0.1) is 17.3 Å². The molecule has 1 heterocycles. The standard InChI is InChI=1S/C22H17N3O2/c1-14-12-18(17-8-4-5-9-20(17)24-14)22(27)25-23-13-19-16-7-3-2-6-15(16)10-11-21(19)26/h2-13,26H,1H3,(H,25,27)/b23-13+. The summed E-state index contributed by atoms with van der Waals surface area (Å²) in [6.07, 6.45) is 1.46. The summed E-state index contributed by atoms with van der Waals surface area (Å²) >= 11 is 0. The van der Waals surface area contributed by atoms with Crippen LogP contribution in [-0.2, 0) is 0 Å². The van der Waals surface area contributed by atoms with E-state index in [4.69, 9.17) is 0 Å². The largest absolute Gasteiger partial charge is 0.507 e. The van der Waals surface area contributed by atoms with Gasteiger partial charge in [-0.15, -0.1) is 0 Å². The lowest BCUT2D eigenvalue weighted by atomic mass is 10.0. The number of fused-ring (bicyclic) bond motifs is 2. The molecule has 0 aliphatic rings. The fourth-order valence-corrected chi connectivity index (χ4v) is 3.13. The van der Waals surface area contributed by atoms with Crippen LogP contribution in [0.15, 0.2) is 71.8 Å². The molecule has 0 unspecified atom stereocenters. The molecule has 4 aromatic rings. The highest BCUT2D eigenvalue weighted by atomic mass is 16.3. The topological polar surface area (TPSA) is 74.6 Å². The van der Waals surface area contributed by atoms with E-state index >= 15 is 0 Å². The third-order valence-electron chi connectivity index (χ3n) is 4.40. The monoisotopic (exact) mass is 355 g/mol. The number of amides is 1. The number of aryl methyl sites for hydroxylation is 1. The van der Waals surface area contributed by atoms with Crippen LogP contribution in [0, 0.1) is 6.92 Å². The summed E-state index contributed by atoms with van der Waals surface area (Å²) < 4.78 is 0. The summed E-state index contributed by atoms with van der Waals surface area (Å²) in [6, 6.07) is 20.4. The second-order valence-electron chi connectivity index (χ2n) is 6.25. The molecule has 3 aromatic carbocycles. The predicted octanol–water partition coefficient (Wildman–Crippen LogP) is 4.17. The van der Waals surface area contributed by atoms with Crippen LogP contribution in [0.5, 0.6) is 5.75 Å². The van der Waals surface area contributed by atoms with Crippen LogP contribution in [0.3, 0.4) is 0 Å². The van der Waals surface area contributed by atoms with Crippen molar-refractivity contribution in [2.24, 2.45) is 5.10 Å². The van der Waals surface area contributed by atoms with Crippen molar-refractivity contribution in [3.63, 3.8) is 0 Å². The quantitative estimate of drug-likeness (QED) is 0.428. The van der Waals surface area contributed by atoms with Crippen molar-refractivity contribution >= 4 is 33.8 Å². The summed E-state index contributed by atoms with van der Waals surface area (Å²) in [5.74, 6) is -0.218. The molecule has 0 saturated heterocycles. The van der Waals surface area contributed by atoms with Gasteiger partial charge in [0.1, 0.15) is 5.75 Å². The normalized spacial score (nSPS) is 11.3. The lowest BCUT2D eigenvalue weighted by Crippen LogP contribution is -2.18. The molecular formula is C22H17N3O2. The van der Waals surface area contributed by atoms with Crippen molar-refractivity contribution in [2.45, 2.75) is 6.92 Å². The lowest BCUT2D eigenvalue weighted by molar-refractivity contribution is 0.0956. The van der Waals surface area contributed by atoms with Crippen molar-refractivity contribution in [2.75, 3.05) is 0 Å². The van der Waals surface area contributed by atoms with Crippen molar-refractivity contribution in [3.8, 4) is 5.75 Å². The van der Waals surface area contributed by atoms with Crippen molar-refractivity contribution in [3.05, 3.63) is 83.6 Å². The third-order valence-corrected chi connectivity index (χ3v) is 4.40. The number of hydrazone groups is 1. The number of para-hydroxylation sites is 1. The average Bonchev–Trinajstić information content (AvgIpc) is 2.68. The van der Waals surface area contributed by atoms with Crippen molar-refractivity contribution in [1.29, 1.82) is 0 Å². The van der Waals surface area contributed by atoms with Crippen LogP contribution in [0.4, 0.5) is 0 Å². The first-order chi connectivity index (χ1) is 13.1. The molecule has 0 fully saturated rings. The zero-order chi connectivity index (χ0) is 18.8. The average molecular weight is 355 g/mol. The fourth-order valence-electron chi connectivity index (χ4n) is 3.13. The number of hydrogen-bond donors (Lipinski definition) is 2. The van der Waals surface area contributed by atoms with E-state index in [9.17, 15) is 9.90 Å². The number of carbonyl (C=O) groups excluding carboxylic acids is 1. The molecule has 2 N–H and O–H groups in total. The first-order valence-corrected chi connectivity index (χ1v) is 8.54. The Morgan fingerprint density at radius 3 is 2.63 bits per heavy atom. The summed E-state index contributed by atoms with van der Waals surface area (Å²) in [5.41, 5.74) is 5.14. The highest BCUT2D eigenvalue weighted by Crippen LogP contribution is 2.25. The van der Waals surface area contributed by atoms with Gasteiger partial charge < -0.3 is 5.11 Å². The molecule has 27 heavy (non-hydrogen) atoms. The maximum atomic E-state index is 12.6. The molecule has 1 aromatic heterocycles. The highest BCUT2D eigenvalue weighted by molar-refractivity contribution is 6.07. The Kier molecular flexibility index (Phi) is 4.26. The minimum atomic E-state index is -0.326. The van der Waals surface area contributed by atoms with Crippen LogP contribution >= 0.6 is 0 Å². The maximum absolute atomic E-state index is 12.6. The first kappa shape index (κ1) is 16.7. The number of aromatic nitrogens is 1. The Morgan fingerprint density at radius 1 is 1.04 bits per heavy atom. The highest BCUT2D eigenvalue weighted by Gasteiger charge is 2.11. The smallest absolute Gasteiger partial charge is 0.272 e. The first-order valence-electron chi connectivity index (χ1n) is 8.54. The van der Waals surface area contributed by atoms with Gasteiger partial charge in [-0.25, -0.2) is 5.43 Å². The third kappa shape index (κ3) is 3.22. The Bertz CT molecular complexity index is 1200. The van der Waals surface area contributed by atoms with E-state index in [1.807, 2.05) is 61.5 Å². The minimum absolute atomic E-state index is 0.108. The van der Waals surface area contributed by atoms with Gasteiger partial charge in [-0.2, -0.15) is 5.10 Å². The van der Waals surface area contributed by atoms with E-state index in [1.165, 1.54) is 6.21 Å². The number of rotatable bonds is 3. The van der Waals surface area contributed by atoms with Crippen LogP contribution < -0.4 is 5.43 Å². The molecule has 132 valence electrons. The van der Waals surface area contributed by atoms with Crippen LogP contribution in [0.2, 0.25) is 0 Å². The molecule has 0 aliphatic carbocycles. The molecule has 5 nitrogen and oxygen atoms in total. The second kappa shape index (κ2) is 6.88. The Labute approximate surface area is 156 Å². The van der Waals surface area contributed by atoms with E-state index in [-0.39, 0.29) is 11.7 Å². The molecule has 0 aliphatic heterocycles. The minimum Gasteiger partial charge on any atom is -0.507 e. The number of phenols is 1. The summed E-state index contributed by atoms with van der Waals surface area (Å²) in [4.78, 5) is 17.1. The van der Waals surface area contributed by atoms with Gasteiger partial charge >= 0.3 is 0 Å². The number of phenolic OH excluding ortho intramolecular Hbond substituents is 1. The number of aromatic hydroxyl groups is 1. The Hall–Kier alpha value is -3.73. The molecule has 0 radical (unpaired) electrons. The summed E-state index contributed by atoms with van der Waals surface area (Å²) in [5, 5.41) is 16.8. The summed E-state index contributed by atoms with van der Waals surface area (Å²) in [7, 11) is 0. The molecule has 0 bridgehead atoms. The Balaban J connectivity index is 1.65. The van der Waals surface area contributed by atoms with E-state index < -0.39 is 0 Å². The van der Waals surface area contributed by atoms with Crippen molar-refractivity contribution in [1.82, 2.24) is 10.4 Å². The van der Waals surface area contributed by atoms with Gasteiger partial charge in [-0.1, -0.05) is 48.5 Å². The Morgan fingerprint density at radius 2 is 1.78 bits per heavy atom. The van der Waals surface area contributed by atoms with Gasteiger partial charge in [-0.05, 0) is 35.9 Å². The van der Waals surface area contributed by atoms with Crippen LogP contribution in [-0.4, -0.2) is 22.2 Å². The van der Waals surface area contributed by atoms with Crippen LogP contribution in [0.25, 0.3) is 21.7 Å². The summed E-state index contributed by atoms with van der Waals surface area (Å²) in [6.45, 7) is 1.85. The second-order valence-corrected chi connectivity index (χ2v) is 6.25. The SMILES string of the molecule is Cc1cc(C(=O)N/N=C/c2c(O)ccc3ccccc23)c2ccccc2n1. The molecule has 0 spiro atoms. The van der Waals surface area contributed by atoms with E-state index in [2.05, 4.69) is 15.5 Å². The number of hydrogen-bond acceptors (Lipinski definition) is 4. The van der Waals surface area contributed by atoms with Gasteiger partial charge in [0.25, 0.3) is 5.91 Å². The predicted molar refractivity (Wildman–Crippen MR) is 107 cm³/mol. The number of carbonyl (C=O) groups is 1. The van der Waals surface area contributed by atoms with Crippen molar-refractivity contribution < 1.29 is 9.90 Å². The van der Waals surface area contributed by atoms with E-state index in [0.29, 0.717) is 11.1 Å². The zero-order valence-corrected chi connectivity index (χ0v) is 14.7. The molecule has 1 amide bonds. The number of benzene rings is 3. The number of nitrogens with zero attached hydrogens (tertiary/aromatic N) is 2. The fraction of sp³-hybridized carbons (Fsp3) is 0.0455. The molecular weight excluding hydrogens is 338 g/mol. The zero-order valence-electron chi connectivity index (χ0n) is 14.7. The van der Waals surface area contributed by atoms with Gasteiger partial charge in [0, 0.05) is 16.6 Å². The van der Waals surface area contributed by atoms with Crippen LogP contribution in [0.1, 0.15) is 21.6 Å². The number of nitrogens with one attached hydrogen (secondary N) is 1. The van der Waals surface area contributed by atoms with E-state index in [0.717, 1.165) is 27.4 Å². The molecule has 4 rings (SSSR count). The molecule has 0 atom stereocenters. The van der Waals surface area contributed by atoms with Gasteiger partial charge in [0.2, 0.25) is 0 Å². The molecule has 5 heteroatoms. The van der Waals surface area contributed by atoms with Gasteiger partial charge in [0.15, 0.2) is 0 Å². The maximum Gasteiger partial charge on any atom is 0.272 e. The van der Waals surface area contributed by atoms with Gasteiger partial charge in [-0.3, -0.25) is 9.78 Å².